The van der Waals surface area contributed by atoms with Crippen molar-refractivity contribution in [2.24, 2.45) is 0 Å². The summed E-state index contributed by atoms with van der Waals surface area (Å²) >= 11 is 0. The summed E-state index contributed by atoms with van der Waals surface area (Å²) < 4.78 is 10.1. The summed E-state index contributed by atoms with van der Waals surface area (Å²) in [6, 6.07) is 9.99. The number of rotatable bonds is 7. The lowest BCUT2D eigenvalue weighted by Gasteiger charge is -2.34. The van der Waals surface area contributed by atoms with Crippen LogP contribution in [0.15, 0.2) is 47.1 Å². The zero-order valence-corrected chi connectivity index (χ0v) is 16.4. The van der Waals surface area contributed by atoms with Gasteiger partial charge in [0.05, 0.1) is 18.4 Å². The van der Waals surface area contributed by atoms with E-state index in [1.165, 1.54) is 6.26 Å². The van der Waals surface area contributed by atoms with Gasteiger partial charge in [0.25, 0.3) is 5.91 Å². The van der Waals surface area contributed by atoms with Crippen LogP contribution in [-0.4, -0.2) is 66.9 Å². The monoisotopic (exact) mass is 399 g/mol. The van der Waals surface area contributed by atoms with E-state index in [4.69, 9.17) is 9.15 Å². The van der Waals surface area contributed by atoms with Crippen LogP contribution in [0.5, 0.6) is 0 Å². The summed E-state index contributed by atoms with van der Waals surface area (Å²) in [6.45, 7) is 5.34. The van der Waals surface area contributed by atoms with Crippen molar-refractivity contribution in [1.82, 2.24) is 9.80 Å². The predicted octanol–water partition coefficient (Wildman–Crippen LogP) is 2.24. The third kappa shape index (κ3) is 5.68. The summed E-state index contributed by atoms with van der Waals surface area (Å²) in [5.74, 6) is -0.219. The maximum Gasteiger partial charge on any atom is 0.338 e. The molecule has 0 spiro atoms. The third-order valence-corrected chi connectivity index (χ3v) is 4.73. The van der Waals surface area contributed by atoms with Gasteiger partial charge in [0.2, 0.25) is 5.91 Å². The molecule has 0 unspecified atom stereocenters. The largest absolute Gasteiger partial charge is 0.462 e. The van der Waals surface area contributed by atoms with Crippen LogP contribution < -0.4 is 5.32 Å². The highest BCUT2D eigenvalue weighted by Crippen LogP contribution is 2.12. The summed E-state index contributed by atoms with van der Waals surface area (Å²) in [6.07, 6.45) is 1.85. The molecule has 1 fully saturated rings. The number of nitrogens with one attached hydrogen (secondary N) is 1. The number of esters is 1. The van der Waals surface area contributed by atoms with Gasteiger partial charge in [0.15, 0.2) is 5.76 Å². The quantitative estimate of drug-likeness (QED) is 0.718. The average molecular weight is 399 g/mol. The van der Waals surface area contributed by atoms with Crippen molar-refractivity contribution < 1.29 is 23.5 Å². The Labute approximate surface area is 169 Å². The number of benzene rings is 1. The second kappa shape index (κ2) is 9.88. The highest BCUT2D eigenvalue weighted by Gasteiger charge is 2.23. The van der Waals surface area contributed by atoms with E-state index in [0.29, 0.717) is 62.8 Å². The van der Waals surface area contributed by atoms with Crippen LogP contribution in [0, 0.1) is 0 Å². The van der Waals surface area contributed by atoms with E-state index in [9.17, 15) is 14.4 Å². The highest BCUT2D eigenvalue weighted by molar-refractivity contribution is 5.93. The minimum Gasteiger partial charge on any atom is -0.462 e. The van der Waals surface area contributed by atoms with Crippen LogP contribution in [0.1, 0.15) is 34.3 Å². The zero-order valence-electron chi connectivity index (χ0n) is 16.4. The molecule has 2 heterocycles. The fraction of sp³-hybridized carbons (Fsp3) is 0.381. The van der Waals surface area contributed by atoms with E-state index in [0.717, 1.165) is 0 Å². The van der Waals surface area contributed by atoms with Gasteiger partial charge in [0, 0.05) is 44.8 Å². The SMILES string of the molecule is CCOC(=O)c1ccc(NC(=O)CCN2CCN(C(=O)c3ccco3)CC2)cc1. The number of nitrogens with zero attached hydrogens (tertiary/aromatic N) is 2. The second-order valence-corrected chi connectivity index (χ2v) is 6.71. The van der Waals surface area contributed by atoms with Gasteiger partial charge >= 0.3 is 5.97 Å². The Morgan fingerprint density at radius 3 is 2.41 bits per heavy atom. The molecule has 2 aromatic rings. The van der Waals surface area contributed by atoms with Gasteiger partial charge in [0.1, 0.15) is 0 Å². The van der Waals surface area contributed by atoms with Crippen LogP contribution in [-0.2, 0) is 9.53 Å². The first-order valence-corrected chi connectivity index (χ1v) is 9.69. The number of hydrogen-bond acceptors (Lipinski definition) is 6. The van der Waals surface area contributed by atoms with Crippen LogP contribution in [0.25, 0.3) is 0 Å². The minimum absolute atomic E-state index is 0.0945. The van der Waals surface area contributed by atoms with Crippen LogP contribution in [0.2, 0.25) is 0 Å². The molecular formula is C21H25N3O5. The first kappa shape index (κ1) is 20.6. The van der Waals surface area contributed by atoms with Crippen LogP contribution >= 0.6 is 0 Å². The predicted molar refractivity (Wildman–Crippen MR) is 107 cm³/mol. The number of anilines is 1. The fourth-order valence-electron chi connectivity index (χ4n) is 3.12. The first-order chi connectivity index (χ1) is 14.1. The molecule has 8 nitrogen and oxygen atoms in total. The van der Waals surface area contributed by atoms with Crippen molar-refractivity contribution in [2.45, 2.75) is 13.3 Å². The number of ether oxygens (including phenoxy) is 1. The smallest absolute Gasteiger partial charge is 0.338 e. The molecule has 1 aliphatic heterocycles. The Morgan fingerprint density at radius 1 is 1.07 bits per heavy atom. The van der Waals surface area contributed by atoms with Crippen LogP contribution in [0.3, 0.4) is 0 Å². The average Bonchev–Trinajstić information content (AvgIpc) is 3.28. The molecule has 29 heavy (non-hydrogen) atoms. The van der Waals surface area contributed by atoms with Gasteiger partial charge in [-0.1, -0.05) is 0 Å². The molecule has 1 aliphatic rings. The molecule has 1 saturated heterocycles. The van der Waals surface area contributed by atoms with Gasteiger partial charge in [-0.2, -0.15) is 0 Å². The van der Waals surface area contributed by atoms with Gasteiger partial charge < -0.3 is 19.4 Å². The first-order valence-electron chi connectivity index (χ1n) is 9.69. The standard InChI is InChI=1S/C21H25N3O5/c1-2-28-21(27)16-5-7-17(8-6-16)22-19(25)9-10-23-11-13-24(14-12-23)20(26)18-4-3-15-29-18/h3-8,15H,2,9-14H2,1H3,(H,22,25). The van der Waals surface area contributed by atoms with E-state index >= 15 is 0 Å². The maximum absolute atomic E-state index is 12.3. The lowest BCUT2D eigenvalue weighted by Crippen LogP contribution is -2.49. The van der Waals surface area contributed by atoms with E-state index in [-0.39, 0.29) is 17.8 Å². The highest BCUT2D eigenvalue weighted by atomic mass is 16.5. The molecule has 2 amide bonds. The Balaban J connectivity index is 1.39. The normalized spacial score (nSPS) is 14.4. The van der Waals surface area contributed by atoms with Gasteiger partial charge in [-0.3, -0.25) is 14.5 Å². The summed E-state index contributed by atoms with van der Waals surface area (Å²) in [5, 5.41) is 2.83. The molecule has 1 aromatic carbocycles. The molecule has 0 aliphatic carbocycles. The Kier molecular flexibility index (Phi) is 7.02. The van der Waals surface area contributed by atoms with E-state index in [1.54, 1.807) is 48.2 Å². The number of hydrogen-bond donors (Lipinski definition) is 1. The molecule has 8 heteroatoms. The van der Waals surface area contributed by atoms with E-state index in [2.05, 4.69) is 10.2 Å². The topological polar surface area (TPSA) is 92.1 Å². The molecular weight excluding hydrogens is 374 g/mol. The number of carbonyl (C=O) groups is 3. The van der Waals surface area contributed by atoms with Crippen molar-refractivity contribution in [3.8, 4) is 0 Å². The lowest BCUT2D eigenvalue weighted by atomic mass is 10.2. The summed E-state index contributed by atoms with van der Waals surface area (Å²) in [4.78, 5) is 40.0. The van der Waals surface area contributed by atoms with Crippen molar-refractivity contribution in [3.05, 3.63) is 54.0 Å². The third-order valence-electron chi connectivity index (χ3n) is 4.73. The molecule has 154 valence electrons. The van der Waals surface area contributed by atoms with Gasteiger partial charge in [-0.05, 0) is 43.3 Å². The van der Waals surface area contributed by atoms with Crippen molar-refractivity contribution >= 4 is 23.5 Å². The second-order valence-electron chi connectivity index (χ2n) is 6.71. The van der Waals surface area contributed by atoms with Crippen molar-refractivity contribution in [3.63, 3.8) is 0 Å². The molecule has 0 bridgehead atoms. The number of furan rings is 1. The van der Waals surface area contributed by atoms with E-state index in [1.807, 2.05) is 0 Å². The summed E-state index contributed by atoms with van der Waals surface area (Å²) in [5.41, 5.74) is 1.09. The Morgan fingerprint density at radius 2 is 1.79 bits per heavy atom. The Hall–Kier alpha value is -3.13. The van der Waals surface area contributed by atoms with Crippen LogP contribution in [0.4, 0.5) is 5.69 Å². The minimum atomic E-state index is -0.380. The van der Waals surface area contributed by atoms with Crippen molar-refractivity contribution in [2.75, 3.05) is 44.6 Å². The van der Waals surface area contributed by atoms with E-state index < -0.39 is 0 Å². The number of piperazine rings is 1. The number of carbonyl (C=O) groups excluding carboxylic acids is 3. The molecule has 0 saturated carbocycles. The van der Waals surface area contributed by atoms with Gasteiger partial charge in [-0.15, -0.1) is 0 Å². The molecule has 1 aromatic heterocycles. The molecule has 0 atom stereocenters. The zero-order chi connectivity index (χ0) is 20.6. The fourth-order valence-corrected chi connectivity index (χ4v) is 3.12. The summed E-state index contributed by atoms with van der Waals surface area (Å²) in [7, 11) is 0. The van der Waals surface area contributed by atoms with Crippen molar-refractivity contribution in [1.29, 1.82) is 0 Å². The molecule has 0 radical (unpaired) electrons. The molecule has 3 rings (SSSR count). The number of amides is 2. The Bertz CT molecular complexity index is 825. The van der Waals surface area contributed by atoms with Gasteiger partial charge in [-0.25, -0.2) is 4.79 Å². The lowest BCUT2D eigenvalue weighted by molar-refractivity contribution is -0.116. The molecule has 1 N–H and O–H groups in total. The maximum atomic E-state index is 12.3.